The summed E-state index contributed by atoms with van der Waals surface area (Å²) in [5.74, 6) is -1.65. The topological polar surface area (TPSA) is 120 Å². The van der Waals surface area contributed by atoms with E-state index in [1.54, 1.807) is 0 Å². The molecule has 160 valence electrons. The van der Waals surface area contributed by atoms with Crippen LogP contribution in [0.4, 0.5) is 4.79 Å². The van der Waals surface area contributed by atoms with E-state index in [1.165, 1.54) is 13.8 Å². The van der Waals surface area contributed by atoms with E-state index in [-0.39, 0.29) is 12.4 Å². The Morgan fingerprint density at radius 1 is 1.07 bits per heavy atom. The lowest BCUT2D eigenvalue weighted by atomic mass is 10.3. The molecule has 1 rings (SSSR count). The second-order valence-electron chi connectivity index (χ2n) is 6.04. The van der Waals surface area contributed by atoms with Crippen molar-refractivity contribution < 1.29 is 38.1 Å². The molecule has 1 N–H and O–H groups in total. The standard InChI is InChI=1S/C17H28N2O8S/c1-13(20)18-15(11-28-17(23)27-12-26-14(2)21)16(22)25-8-4-3-5-19-6-9-24-10-7-19/h15H,3-12H2,1-2H3,(H,18,20)/t15-/m0/s1. The van der Waals surface area contributed by atoms with Crippen molar-refractivity contribution in [2.75, 3.05) is 52.0 Å². The van der Waals surface area contributed by atoms with Gasteiger partial charge in [0.15, 0.2) is 0 Å². The fourth-order valence-electron chi connectivity index (χ4n) is 2.30. The molecule has 0 aromatic carbocycles. The van der Waals surface area contributed by atoms with E-state index < -0.39 is 36.0 Å². The monoisotopic (exact) mass is 420 g/mol. The molecule has 1 amide bonds. The van der Waals surface area contributed by atoms with Crippen LogP contribution in [0.25, 0.3) is 0 Å². The first kappa shape index (κ1) is 24.2. The molecule has 0 aromatic heterocycles. The molecule has 0 radical (unpaired) electrons. The third kappa shape index (κ3) is 11.8. The third-order valence-corrected chi connectivity index (χ3v) is 4.54. The molecule has 1 heterocycles. The van der Waals surface area contributed by atoms with Crippen molar-refractivity contribution in [1.29, 1.82) is 0 Å². The van der Waals surface area contributed by atoms with E-state index in [4.69, 9.17) is 9.47 Å². The molecule has 10 nitrogen and oxygen atoms in total. The second-order valence-corrected chi connectivity index (χ2v) is 7.00. The normalized spacial score (nSPS) is 15.4. The smallest absolute Gasteiger partial charge is 0.370 e. The number of amides is 1. The Labute approximate surface area is 168 Å². The number of hydrogen-bond acceptors (Lipinski definition) is 10. The Kier molecular flexibility index (Phi) is 12.3. The Morgan fingerprint density at radius 2 is 1.79 bits per heavy atom. The molecule has 0 aromatic rings. The van der Waals surface area contributed by atoms with Gasteiger partial charge >= 0.3 is 17.2 Å². The number of unbranched alkanes of at least 4 members (excludes halogenated alkanes) is 1. The van der Waals surface area contributed by atoms with Gasteiger partial charge in [-0.3, -0.25) is 14.5 Å². The van der Waals surface area contributed by atoms with Gasteiger partial charge in [-0.1, -0.05) is 0 Å². The van der Waals surface area contributed by atoms with Gasteiger partial charge < -0.3 is 24.3 Å². The molecule has 0 aliphatic carbocycles. The molecule has 1 atom stereocenters. The van der Waals surface area contributed by atoms with Gasteiger partial charge in [0.05, 0.1) is 19.8 Å². The van der Waals surface area contributed by atoms with Crippen molar-refractivity contribution in [2.24, 2.45) is 0 Å². The number of rotatable bonds is 11. The van der Waals surface area contributed by atoms with E-state index >= 15 is 0 Å². The average molecular weight is 420 g/mol. The van der Waals surface area contributed by atoms with E-state index in [1.807, 2.05) is 0 Å². The van der Waals surface area contributed by atoms with Gasteiger partial charge in [-0.15, -0.1) is 0 Å². The van der Waals surface area contributed by atoms with Crippen LogP contribution in [0.15, 0.2) is 0 Å². The zero-order valence-electron chi connectivity index (χ0n) is 16.3. The maximum Gasteiger partial charge on any atom is 0.370 e. The molecule has 1 aliphatic rings. The van der Waals surface area contributed by atoms with Crippen LogP contribution in [0.1, 0.15) is 26.7 Å². The molecular formula is C17H28N2O8S. The first-order chi connectivity index (χ1) is 13.4. The van der Waals surface area contributed by atoms with Crippen LogP contribution in [0.5, 0.6) is 0 Å². The lowest BCUT2D eigenvalue weighted by Crippen LogP contribution is -2.43. The summed E-state index contributed by atoms with van der Waals surface area (Å²) in [4.78, 5) is 47.9. The molecular weight excluding hydrogens is 392 g/mol. The van der Waals surface area contributed by atoms with Crippen LogP contribution in [-0.4, -0.2) is 86.1 Å². The third-order valence-electron chi connectivity index (χ3n) is 3.69. The van der Waals surface area contributed by atoms with Crippen LogP contribution >= 0.6 is 11.8 Å². The number of hydrogen-bond donors (Lipinski definition) is 1. The minimum Gasteiger partial charge on any atom is -0.464 e. The van der Waals surface area contributed by atoms with Crippen LogP contribution in [-0.2, 0) is 33.3 Å². The summed E-state index contributed by atoms with van der Waals surface area (Å²) in [6, 6.07) is -0.969. The maximum atomic E-state index is 12.2. The van der Waals surface area contributed by atoms with Crippen LogP contribution in [0.2, 0.25) is 0 Å². The van der Waals surface area contributed by atoms with Gasteiger partial charge in [0.2, 0.25) is 12.7 Å². The number of morpholine rings is 1. The van der Waals surface area contributed by atoms with Crippen molar-refractivity contribution in [3.05, 3.63) is 0 Å². The molecule has 1 aliphatic heterocycles. The molecule has 1 fully saturated rings. The van der Waals surface area contributed by atoms with Gasteiger partial charge in [0.25, 0.3) is 0 Å². The fraction of sp³-hybridized carbons (Fsp3) is 0.765. The average Bonchev–Trinajstić information content (AvgIpc) is 2.65. The van der Waals surface area contributed by atoms with E-state index in [2.05, 4.69) is 19.7 Å². The number of nitrogens with zero attached hydrogens (tertiary/aromatic N) is 1. The first-order valence-electron chi connectivity index (χ1n) is 9.05. The number of nitrogens with one attached hydrogen (secondary N) is 1. The zero-order valence-corrected chi connectivity index (χ0v) is 17.1. The highest BCUT2D eigenvalue weighted by Crippen LogP contribution is 2.09. The first-order valence-corrected chi connectivity index (χ1v) is 10.0. The molecule has 0 bridgehead atoms. The maximum absolute atomic E-state index is 12.2. The van der Waals surface area contributed by atoms with Crippen LogP contribution in [0, 0.1) is 0 Å². The van der Waals surface area contributed by atoms with E-state index in [0.29, 0.717) is 18.2 Å². The minimum atomic E-state index is -0.969. The van der Waals surface area contributed by atoms with Crippen molar-refractivity contribution in [1.82, 2.24) is 10.2 Å². The predicted octanol–water partition coefficient (Wildman–Crippen LogP) is 0.537. The molecule has 0 spiro atoms. The van der Waals surface area contributed by atoms with Gasteiger partial charge in [0.1, 0.15) is 6.04 Å². The van der Waals surface area contributed by atoms with E-state index in [0.717, 1.165) is 39.3 Å². The van der Waals surface area contributed by atoms with Gasteiger partial charge in [-0.25, -0.2) is 9.59 Å². The summed E-state index contributed by atoms with van der Waals surface area (Å²) in [7, 11) is 0. The summed E-state index contributed by atoms with van der Waals surface area (Å²) in [5.41, 5.74) is 0. The highest BCUT2D eigenvalue weighted by atomic mass is 32.2. The summed E-state index contributed by atoms with van der Waals surface area (Å²) in [5, 5.41) is 1.73. The molecule has 0 unspecified atom stereocenters. The predicted molar refractivity (Wildman–Crippen MR) is 101 cm³/mol. The van der Waals surface area contributed by atoms with Crippen LogP contribution < -0.4 is 5.32 Å². The largest absolute Gasteiger partial charge is 0.464 e. The van der Waals surface area contributed by atoms with Crippen molar-refractivity contribution in [3.8, 4) is 0 Å². The van der Waals surface area contributed by atoms with Gasteiger partial charge in [-0.2, -0.15) is 0 Å². The summed E-state index contributed by atoms with van der Waals surface area (Å²) in [6.07, 6.45) is 1.59. The summed E-state index contributed by atoms with van der Waals surface area (Å²) < 4.78 is 19.6. The van der Waals surface area contributed by atoms with Crippen molar-refractivity contribution in [3.63, 3.8) is 0 Å². The van der Waals surface area contributed by atoms with Gasteiger partial charge in [0, 0.05) is 32.7 Å². The highest BCUT2D eigenvalue weighted by Gasteiger charge is 2.23. The molecule has 28 heavy (non-hydrogen) atoms. The quantitative estimate of drug-likeness (QED) is 0.288. The Bertz CT molecular complexity index is 525. The van der Waals surface area contributed by atoms with Crippen molar-refractivity contribution >= 4 is 34.9 Å². The molecule has 11 heteroatoms. The highest BCUT2D eigenvalue weighted by molar-refractivity contribution is 8.13. The molecule has 0 saturated carbocycles. The number of carbonyl (C=O) groups excluding carboxylic acids is 4. The number of ether oxygens (including phenoxy) is 4. The Balaban J connectivity index is 2.25. The minimum absolute atomic E-state index is 0.0505. The number of esters is 2. The van der Waals surface area contributed by atoms with Crippen LogP contribution in [0.3, 0.4) is 0 Å². The Hall–Kier alpha value is -1.85. The van der Waals surface area contributed by atoms with E-state index in [9.17, 15) is 19.2 Å². The molecule has 1 saturated heterocycles. The lowest BCUT2D eigenvalue weighted by Gasteiger charge is -2.26. The van der Waals surface area contributed by atoms with Crippen molar-refractivity contribution in [2.45, 2.75) is 32.7 Å². The SMILES string of the molecule is CC(=O)N[C@@H](CSC(=O)OCOC(C)=O)C(=O)OCCCCN1CCOCC1. The summed E-state index contributed by atoms with van der Waals surface area (Å²) >= 11 is 0.683. The fourth-order valence-corrected chi connectivity index (χ4v) is 2.96. The van der Waals surface area contributed by atoms with Gasteiger partial charge in [-0.05, 0) is 31.1 Å². The second kappa shape index (κ2) is 14.2. The lowest BCUT2D eigenvalue weighted by molar-refractivity contribution is -0.148. The number of thioether (sulfide) groups is 1. The Morgan fingerprint density at radius 3 is 2.43 bits per heavy atom. The number of carbonyl (C=O) groups is 4. The zero-order chi connectivity index (χ0) is 20.8. The summed E-state index contributed by atoms with van der Waals surface area (Å²) in [6.45, 7) is 6.42.